The first kappa shape index (κ1) is 15.7. The minimum Gasteiger partial charge on any atom is -0.454 e. The van der Waals surface area contributed by atoms with Crippen molar-refractivity contribution in [2.45, 2.75) is 0 Å². The molecule has 0 saturated heterocycles. The highest BCUT2D eigenvalue weighted by Gasteiger charge is 2.12. The number of hydrogen-bond acceptors (Lipinski definition) is 6. The van der Waals surface area contributed by atoms with E-state index in [1.807, 2.05) is 60.7 Å². The molecule has 134 valence electrons. The van der Waals surface area contributed by atoms with Crippen LogP contribution in [0.3, 0.4) is 0 Å². The summed E-state index contributed by atoms with van der Waals surface area (Å²) in [6, 6.07) is 19.4. The molecule has 0 atom stereocenters. The van der Waals surface area contributed by atoms with Crippen molar-refractivity contribution >= 4 is 55.0 Å². The minimum absolute atomic E-state index is 0.0772. The molecule has 5 nitrogen and oxygen atoms in total. The summed E-state index contributed by atoms with van der Waals surface area (Å²) in [5.41, 5.74) is 2.53. The average Bonchev–Trinajstić information content (AvgIpc) is 3.46. The molecule has 0 aliphatic heterocycles. The van der Waals surface area contributed by atoms with Gasteiger partial charge >= 0.3 is 0 Å². The van der Waals surface area contributed by atoms with Crippen molar-refractivity contribution in [3.8, 4) is 10.8 Å². The molecular formula is C21H11N3O2S2. The third kappa shape index (κ3) is 2.33. The molecule has 6 aromatic rings. The fraction of sp³-hybridized carbons (Fsp3) is 0. The van der Waals surface area contributed by atoms with Gasteiger partial charge in [-0.15, -0.1) is 11.3 Å². The third-order valence-electron chi connectivity index (χ3n) is 4.55. The first-order chi connectivity index (χ1) is 13.8. The topological polar surface area (TPSA) is 60.4 Å². The standard InChI is InChI=1S/C21H11N3O2S2/c25-20-18(28-21-23-13-5-1-3-7-15(13)24(20)21)11-12-9-10-16(26-12)19-22-14-6-2-4-8-17(14)27-19/h1-11H/b18-11+. The number of para-hydroxylation sites is 3. The van der Waals surface area contributed by atoms with Gasteiger partial charge < -0.3 is 4.42 Å². The first-order valence-electron chi connectivity index (χ1n) is 8.64. The Labute approximate surface area is 165 Å². The zero-order valence-electron chi connectivity index (χ0n) is 14.3. The number of fused-ring (bicyclic) bond motifs is 4. The van der Waals surface area contributed by atoms with Crippen LogP contribution in [0.15, 0.2) is 69.9 Å². The van der Waals surface area contributed by atoms with Crippen molar-refractivity contribution in [2.24, 2.45) is 0 Å². The number of benzene rings is 2. The lowest BCUT2D eigenvalue weighted by Crippen LogP contribution is -2.22. The molecule has 4 heterocycles. The molecule has 0 aliphatic rings. The van der Waals surface area contributed by atoms with Gasteiger partial charge in [0.1, 0.15) is 10.3 Å². The summed E-state index contributed by atoms with van der Waals surface area (Å²) >= 11 is 2.95. The van der Waals surface area contributed by atoms with E-state index in [9.17, 15) is 4.79 Å². The number of furan rings is 1. The maximum atomic E-state index is 12.9. The second kappa shape index (κ2) is 5.85. The molecule has 0 aliphatic carbocycles. The van der Waals surface area contributed by atoms with Crippen molar-refractivity contribution in [3.63, 3.8) is 0 Å². The van der Waals surface area contributed by atoms with Crippen LogP contribution in [0, 0.1) is 0 Å². The van der Waals surface area contributed by atoms with E-state index in [4.69, 9.17) is 4.42 Å². The van der Waals surface area contributed by atoms with Crippen molar-refractivity contribution in [1.29, 1.82) is 0 Å². The number of aromatic nitrogens is 3. The van der Waals surface area contributed by atoms with Gasteiger partial charge in [-0.3, -0.25) is 4.79 Å². The zero-order valence-corrected chi connectivity index (χ0v) is 16.0. The van der Waals surface area contributed by atoms with E-state index in [-0.39, 0.29) is 5.56 Å². The minimum atomic E-state index is -0.0772. The second-order valence-corrected chi connectivity index (χ2v) is 8.36. The van der Waals surface area contributed by atoms with Crippen LogP contribution in [0.5, 0.6) is 0 Å². The number of nitrogens with zero attached hydrogens (tertiary/aromatic N) is 3. The zero-order chi connectivity index (χ0) is 18.7. The van der Waals surface area contributed by atoms with Crippen LogP contribution in [-0.2, 0) is 0 Å². The summed E-state index contributed by atoms with van der Waals surface area (Å²) in [7, 11) is 0. The number of rotatable bonds is 2. The molecule has 0 radical (unpaired) electrons. The first-order valence-corrected chi connectivity index (χ1v) is 10.3. The number of imidazole rings is 1. The molecule has 7 heteroatoms. The van der Waals surface area contributed by atoms with E-state index >= 15 is 0 Å². The molecule has 0 fully saturated rings. The normalized spacial score (nSPS) is 12.6. The molecule has 0 saturated carbocycles. The Morgan fingerprint density at radius 1 is 0.893 bits per heavy atom. The predicted molar refractivity (Wildman–Crippen MR) is 113 cm³/mol. The van der Waals surface area contributed by atoms with Gasteiger partial charge in [0, 0.05) is 6.08 Å². The van der Waals surface area contributed by atoms with Crippen molar-refractivity contribution in [3.05, 3.63) is 81.3 Å². The van der Waals surface area contributed by atoms with Gasteiger partial charge in [-0.25, -0.2) is 14.4 Å². The van der Waals surface area contributed by atoms with Gasteiger partial charge in [0.15, 0.2) is 15.7 Å². The fourth-order valence-electron chi connectivity index (χ4n) is 3.26. The summed E-state index contributed by atoms with van der Waals surface area (Å²) in [5, 5.41) is 0.829. The summed E-state index contributed by atoms with van der Waals surface area (Å²) in [4.78, 5) is 22.7. The maximum absolute atomic E-state index is 12.9. The van der Waals surface area contributed by atoms with E-state index in [1.54, 1.807) is 21.8 Å². The Hall–Kier alpha value is -3.29. The van der Waals surface area contributed by atoms with Crippen molar-refractivity contribution in [2.75, 3.05) is 0 Å². The van der Waals surface area contributed by atoms with Crippen LogP contribution in [0.2, 0.25) is 0 Å². The van der Waals surface area contributed by atoms with Crippen LogP contribution < -0.4 is 10.1 Å². The van der Waals surface area contributed by atoms with Crippen LogP contribution in [-0.4, -0.2) is 14.4 Å². The van der Waals surface area contributed by atoms with Crippen molar-refractivity contribution in [1.82, 2.24) is 14.4 Å². The molecule has 0 bridgehead atoms. The molecule has 6 rings (SSSR count). The summed E-state index contributed by atoms with van der Waals surface area (Å²) < 4.78 is 9.32. The quantitative estimate of drug-likeness (QED) is 0.433. The van der Waals surface area contributed by atoms with Crippen LogP contribution in [0.25, 0.3) is 43.1 Å². The summed E-state index contributed by atoms with van der Waals surface area (Å²) in [6.45, 7) is 0. The highest BCUT2D eigenvalue weighted by Crippen LogP contribution is 2.31. The highest BCUT2D eigenvalue weighted by atomic mass is 32.1. The molecule has 0 N–H and O–H groups in total. The maximum Gasteiger partial charge on any atom is 0.275 e. The van der Waals surface area contributed by atoms with Crippen LogP contribution in [0.1, 0.15) is 5.76 Å². The highest BCUT2D eigenvalue weighted by molar-refractivity contribution is 7.21. The van der Waals surface area contributed by atoms with Crippen LogP contribution >= 0.6 is 22.7 Å². The molecular weight excluding hydrogens is 390 g/mol. The molecule has 2 aromatic carbocycles. The Morgan fingerprint density at radius 2 is 1.71 bits per heavy atom. The van der Waals surface area contributed by atoms with Gasteiger partial charge in [-0.05, 0) is 36.4 Å². The number of thiazole rings is 2. The smallest absolute Gasteiger partial charge is 0.275 e. The lowest BCUT2D eigenvalue weighted by molar-refractivity contribution is 0.571. The second-order valence-electron chi connectivity index (χ2n) is 6.32. The third-order valence-corrected chi connectivity index (χ3v) is 6.57. The Balaban J connectivity index is 1.46. The monoisotopic (exact) mass is 401 g/mol. The fourth-order valence-corrected chi connectivity index (χ4v) is 5.16. The van der Waals surface area contributed by atoms with Gasteiger partial charge in [-0.1, -0.05) is 35.6 Å². The van der Waals surface area contributed by atoms with Gasteiger partial charge in [0.2, 0.25) is 0 Å². The van der Waals surface area contributed by atoms with Crippen molar-refractivity contribution < 1.29 is 4.42 Å². The molecule has 28 heavy (non-hydrogen) atoms. The van der Waals surface area contributed by atoms with E-state index in [0.29, 0.717) is 21.0 Å². The summed E-state index contributed by atoms with van der Waals surface area (Å²) in [5.74, 6) is 1.33. The van der Waals surface area contributed by atoms with Crippen LogP contribution in [0.4, 0.5) is 0 Å². The lowest BCUT2D eigenvalue weighted by atomic mass is 10.3. The predicted octanol–water partition coefficient (Wildman–Crippen LogP) is 4.33. The molecule has 0 unspecified atom stereocenters. The Bertz CT molecular complexity index is 1570. The van der Waals surface area contributed by atoms with E-state index < -0.39 is 0 Å². The van der Waals surface area contributed by atoms with Gasteiger partial charge in [0.25, 0.3) is 5.56 Å². The Kier molecular flexibility index (Phi) is 3.29. The van der Waals surface area contributed by atoms with E-state index in [0.717, 1.165) is 26.3 Å². The van der Waals surface area contributed by atoms with E-state index in [1.165, 1.54) is 11.3 Å². The SMILES string of the molecule is O=c1/c(=C\c2ccc(-c3nc4ccccc4s3)o2)sc2nc3ccccc3n12. The largest absolute Gasteiger partial charge is 0.454 e. The van der Waals surface area contributed by atoms with E-state index in [2.05, 4.69) is 9.97 Å². The lowest BCUT2D eigenvalue weighted by Gasteiger charge is -1.88. The van der Waals surface area contributed by atoms with Gasteiger partial charge in [0.05, 0.1) is 21.3 Å². The number of hydrogen-bond donors (Lipinski definition) is 0. The molecule has 0 spiro atoms. The average molecular weight is 401 g/mol. The molecule has 4 aromatic heterocycles. The Morgan fingerprint density at radius 3 is 2.61 bits per heavy atom. The van der Waals surface area contributed by atoms with Gasteiger partial charge in [-0.2, -0.15) is 0 Å². The molecule has 0 amide bonds. The summed E-state index contributed by atoms with van der Waals surface area (Å²) in [6.07, 6.45) is 1.77.